The first-order valence-corrected chi connectivity index (χ1v) is 14.7. The van der Waals surface area contributed by atoms with Crippen LogP contribution in [0.15, 0.2) is 97.1 Å². The highest BCUT2D eigenvalue weighted by Gasteiger charge is 2.24. The van der Waals surface area contributed by atoms with Crippen LogP contribution in [0.3, 0.4) is 0 Å². The minimum absolute atomic E-state index is 0.264. The molecular weight excluding hydrogens is 486 g/mol. The highest BCUT2D eigenvalue weighted by molar-refractivity contribution is 5.94. The summed E-state index contributed by atoms with van der Waals surface area (Å²) in [7, 11) is 0. The predicted octanol–water partition coefficient (Wildman–Crippen LogP) is 10.4. The van der Waals surface area contributed by atoms with Gasteiger partial charge < -0.3 is 10.6 Å². The first kappa shape index (κ1) is 26.1. The summed E-state index contributed by atoms with van der Waals surface area (Å²) in [5.74, 6) is 0.842. The largest absolute Gasteiger partial charge is 0.378 e. The third-order valence-corrected chi connectivity index (χ3v) is 8.23. The van der Waals surface area contributed by atoms with E-state index in [1.165, 1.54) is 39.9 Å². The van der Waals surface area contributed by atoms with Gasteiger partial charge in [0.15, 0.2) is 0 Å². The van der Waals surface area contributed by atoms with Crippen molar-refractivity contribution in [2.45, 2.75) is 64.8 Å². The van der Waals surface area contributed by atoms with Crippen LogP contribution in [0.2, 0.25) is 0 Å². The normalized spacial score (nSPS) is 14.9. The quantitative estimate of drug-likeness (QED) is 0.222. The molecule has 40 heavy (non-hydrogen) atoms. The van der Waals surface area contributed by atoms with Crippen LogP contribution in [0, 0.1) is 0 Å². The van der Waals surface area contributed by atoms with Crippen molar-refractivity contribution in [3.05, 3.63) is 119 Å². The number of hydrogen-bond donors (Lipinski definition) is 2. The van der Waals surface area contributed by atoms with Crippen molar-refractivity contribution in [3.63, 3.8) is 0 Å². The minimum atomic E-state index is 0.264. The zero-order valence-electron chi connectivity index (χ0n) is 24.0. The lowest BCUT2D eigenvalue weighted by atomic mass is 9.83. The number of aromatic nitrogens is 1. The lowest BCUT2D eigenvalue weighted by Crippen LogP contribution is -2.18. The molecule has 0 bridgehead atoms. The number of aryl methyl sites for hydroxylation is 1. The van der Waals surface area contributed by atoms with Crippen LogP contribution < -0.4 is 10.6 Å². The van der Waals surface area contributed by atoms with Crippen LogP contribution in [-0.2, 0) is 6.42 Å². The molecule has 0 aliphatic heterocycles. The maximum Gasteiger partial charge on any atom is 0.0944 e. The summed E-state index contributed by atoms with van der Waals surface area (Å²) in [6, 6.07) is 35.1. The smallest absolute Gasteiger partial charge is 0.0944 e. The van der Waals surface area contributed by atoms with E-state index in [1.807, 2.05) is 0 Å². The molecule has 0 saturated heterocycles. The Kier molecular flexibility index (Phi) is 7.30. The third kappa shape index (κ3) is 5.09. The molecule has 1 aliphatic rings. The minimum Gasteiger partial charge on any atom is -0.378 e. The zero-order chi connectivity index (χ0) is 27.6. The Bertz CT molecular complexity index is 1610. The topological polar surface area (TPSA) is 37.0 Å². The molecule has 5 aromatic rings. The molecule has 1 aliphatic carbocycles. The average Bonchev–Trinajstić information content (AvgIpc) is 2.97. The number of hydrogen-bond acceptors (Lipinski definition) is 3. The number of anilines is 3. The van der Waals surface area contributed by atoms with Crippen LogP contribution in [0.4, 0.5) is 17.1 Å². The van der Waals surface area contributed by atoms with Crippen molar-refractivity contribution in [3.8, 4) is 11.3 Å². The van der Waals surface area contributed by atoms with E-state index in [4.69, 9.17) is 4.98 Å². The van der Waals surface area contributed by atoms with Gasteiger partial charge in [-0.1, -0.05) is 100 Å². The van der Waals surface area contributed by atoms with E-state index in [2.05, 4.69) is 135 Å². The van der Waals surface area contributed by atoms with Gasteiger partial charge >= 0.3 is 0 Å². The molecule has 0 saturated carbocycles. The van der Waals surface area contributed by atoms with Gasteiger partial charge in [-0.2, -0.15) is 0 Å². The molecule has 1 heterocycles. The number of pyridine rings is 1. The van der Waals surface area contributed by atoms with E-state index < -0.39 is 0 Å². The van der Waals surface area contributed by atoms with Crippen LogP contribution in [-0.4, -0.2) is 4.98 Å². The molecule has 1 atom stereocenters. The van der Waals surface area contributed by atoms with Crippen molar-refractivity contribution in [1.82, 2.24) is 4.98 Å². The van der Waals surface area contributed by atoms with E-state index in [-0.39, 0.29) is 6.04 Å². The molecule has 4 aromatic carbocycles. The van der Waals surface area contributed by atoms with Gasteiger partial charge in [0.25, 0.3) is 0 Å². The molecule has 0 amide bonds. The molecular formula is C37H39N3. The molecule has 1 aromatic heterocycles. The number of rotatable bonds is 7. The molecule has 1 unspecified atom stereocenters. The summed E-state index contributed by atoms with van der Waals surface area (Å²) >= 11 is 0. The van der Waals surface area contributed by atoms with E-state index in [0.717, 1.165) is 40.8 Å². The Labute approximate surface area is 238 Å². The second-order valence-electron chi connectivity index (χ2n) is 11.7. The fourth-order valence-corrected chi connectivity index (χ4v) is 6.21. The van der Waals surface area contributed by atoms with Gasteiger partial charge in [-0.3, -0.25) is 0 Å². The first-order chi connectivity index (χ1) is 19.5. The van der Waals surface area contributed by atoms with Crippen molar-refractivity contribution in [2.75, 3.05) is 10.6 Å². The van der Waals surface area contributed by atoms with Gasteiger partial charge in [0.2, 0.25) is 0 Å². The summed E-state index contributed by atoms with van der Waals surface area (Å²) in [6.45, 7) is 9.07. The zero-order valence-corrected chi connectivity index (χ0v) is 24.0. The fourth-order valence-electron chi connectivity index (χ4n) is 6.21. The van der Waals surface area contributed by atoms with E-state index in [0.29, 0.717) is 11.8 Å². The SMILES string of the molecule is CC(C)c1cccc(C(C)C)c1Nc1cccc2ccc(-c3cccc4c3C(Nc3ccccc3)CCC4)nc12. The number of nitrogens with zero attached hydrogens (tertiary/aromatic N) is 1. The monoisotopic (exact) mass is 525 g/mol. The molecule has 202 valence electrons. The molecule has 2 N–H and O–H groups in total. The van der Waals surface area contributed by atoms with Crippen molar-refractivity contribution in [2.24, 2.45) is 0 Å². The highest BCUT2D eigenvalue weighted by Crippen LogP contribution is 2.40. The second-order valence-corrected chi connectivity index (χ2v) is 11.7. The van der Waals surface area contributed by atoms with Gasteiger partial charge in [0.1, 0.15) is 0 Å². The van der Waals surface area contributed by atoms with Crippen molar-refractivity contribution in [1.29, 1.82) is 0 Å². The third-order valence-electron chi connectivity index (χ3n) is 8.23. The van der Waals surface area contributed by atoms with E-state index in [1.54, 1.807) is 0 Å². The Balaban J connectivity index is 1.45. The van der Waals surface area contributed by atoms with Crippen LogP contribution in [0.5, 0.6) is 0 Å². The Morgan fingerprint density at radius 3 is 2.20 bits per heavy atom. The van der Waals surface area contributed by atoms with Gasteiger partial charge in [-0.25, -0.2) is 4.98 Å². The maximum absolute atomic E-state index is 5.35. The average molecular weight is 526 g/mol. The van der Waals surface area contributed by atoms with Crippen molar-refractivity contribution < 1.29 is 0 Å². The second kappa shape index (κ2) is 11.2. The molecule has 3 heteroatoms. The number of para-hydroxylation sites is 3. The summed E-state index contributed by atoms with van der Waals surface area (Å²) in [5, 5.41) is 8.82. The maximum atomic E-state index is 5.35. The molecule has 6 rings (SSSR count). The van der Waals surface area contributed by atoms with Crippen LogP contribution >= 0.6 is 0 Å². The molecule has 3 nitrogen and oxygen atoms in total. The standard InChI is InChI=1S/C37H39N3/c1-24(2)29-17-11-18-30(25(3)4)37(29)40-34-21-10-14-27-22-23-32(39-36(27)34)31-19-8-12-26-13-9-20-33(35(26)31)38-28-15-6-5-7-16-28/h5-8,10-12,14-19,21-25,33,38,40H,9,13,20H2,1-4H3. The summed E-state index contributed by atoms with van der Waals surface area (Å²) < 4.78 is 0. The van der Waals surface area contributed by atoms with Gasteiger partial charge in [0.05, 0.1) is 22.9 Å². The fraction of sp³-hybridized carbons (Fsp3) is 0.270. The van der Waals surface area contributed by atoms with Crippen LogP contribution in [0.1, 0.15) is 80.7 Å². The Morgan fingerprint density at radius 2 is 1.45 bits per heavy atom. The predicted molar refractivity (Wildman–Crippen MR) is 171 cm³/mol. The first-order valence-electron chi connectivity index (χ1n) is 14.7. The van der Waals surface area contributed by atoms with Crippen LogP contribution in [0.25, 0.3) is 22.2 Å². The number of benzene rings is 4. The van der Waals surface area contributed by atoms with Gasteiger partial charge in [-0.05, 0) is 77.6 Å². The molecule has 0 spiro atoms. The van der Waals surface area contributed by atoms with Crippen molar-refractivity contribution >= 4 is 28.0 Å². The summed E-state index contributed by atoms with van der Waals surface area (Å²) in [6.07, 6.45) is 3.41. The molecule has 0 radical (unpaired) electrons. The van der Waals surface area contributed by atoms with Gasteiger partial charge in [-0.15, -0.1) is 0 Å². The van der Waals surface area contributed by atoms with E-state index >= 15 is 0 Å². The Morgan fingerprint density at radius 1 is 0.725 bits per heavy atom. The summed E-state index contributed by atoms with van der Waals surface area (Å²) in [4.78, 5) is 5.35. The highest BCUT2D eigenvalue weighted by atomic mass is 14.9. The number of nitrogens with one attached hydrogen (secondary N) is 2. The van der Waals surface area contributed by atoms with E-state index in [9.17, 15) is 0 Å². The lowest BCUT2D eigenvalue weighted by Gasteiger charge is -2.29. The van der Waals surface area contributed by atoms with Gasteiger partial charge in [0, 0.05) is 22.3 Å². The number of fused-ring (bicyclic) bond motifs is 2. The summed E-state index contributed by atoms with van der Waals surface area (Å²) in [5.41, 5.74) is 12.2. The lowest BCUT2D eigenvalue weighted by molar-refractivity contribution is 0.601. The Hall–Kier alpha value is -4.11. The molecule has 0 fully saturated rings.